The predicted octanol–water partition coefficient (Wildman–Crippen LogP) is 4.31. The number of carboxylic acid groups (broad SMARTS) is 1. The highest BCUT2D eigenvalue weighted by Crippen LogP contribution is 2.44. The number of carbonyl (C=O) groups is 3. The summed E-state index contributed by atoms with van der Waals surface area (Å²) in [4.78, 5) is 36.2. The second-order valence-corrected chi connectivity index (χ2v) is 9.22. The Bertz CT molecular complexity index is 1010. The molecule has 2 aliphatic rings. The monoisotopic (exact) mass is 464 g/mol. The van der Waals surface area contributed by atoms with Gasteiger partial charge in [-0.3, -0.25) is 9.59 Å². The molecule has 0 aliphatic heterocycles. The first-order valence-corrected chi connectivity index (χ1v) is 12.1. The van der Waals surface area contributed by atoms with Crippen LogP contribution in [0.3, 0.4) is 0 Å². The molecule has 7 nitrogen and oxygen atoms in total. The zero-order chi connectivity index (χ0) is 24.1. The van der Waals surface area contributed by atoms with Gasteiger partial charge in [-0.25, -0.2) is 4.79 Å². The molecule has 0 bridgehead atoms. The molecular formula is C27H32N2O5. The molecule has 0 heterocycles. The van der Waals surface area contributed by atoms with Crippen molar-refractivity contribution in [2.45, 2.75) is 51.0 Å². The van der Waals surface area contributed by atoms with E-state index >= 15 is 0 Å². The number of alkyl carbamates (subject to hydrolysis) is 1. The molecule has 2 aliphatic carbocycles. The van der Waals surface area contributed by atoms with Crippen molar-refractivity contribution in [3.05, 3.63) is 59.7 Å². The molecule has 0 radical (unpaired) electrons. The fourth-order valence-corrected chi connectivity index (χ4v) is 5.31. The highest BCUT2D eigenvalue weighted by atomic mass is 16.5. The molecule has 180 valence electrons. The molecule has 3 atom stereocenters. The third-order valence-corrected chi connectivity index (χ3v) is 7.11. The van der Waals surface area contributed by atoms with Gasteiger partial charge in [0.2, 0.25) is 5.91 Å². The molecule has 1 saturated carbocycles. The van der Waals surface area contributed by atoms with E-state index < -0.39 is 12.1 Å². The molecule has 0 saturated heterocycles. The normalized spacial score (nSPS) is 19.7. The minimum absolute atomic E-state index is 0.00312. The van der Waals surface area contributed by atoms with Crippen LogP contribution in [0.4, 0.5) is 4.79 Å². The maximum absolute atomic E-state index is 12.7. The molecule has 2 aromatic rings. The molecule has 0 aromatic heterocycles. The number of amides is 2. The highest BCUT2D eigenvalue weighted by Gasteiger charge is 2.34. The molecule has 34 heavy (non-hydrogen) atoms. The number of fused-ring (bicyclic) bond motifs is 3. The number of nitrogens with one attached hydrogen (secondary N) is 2. The van der Waals surface area contributed by atoms with Crippen molar-refractivity contribution in [3.63, 3.8) is 0 Å². The first-order valence-electron chi connectivity index (χ1n) is 12.1. The number of carbonyl (C=O) groups excluding carboxylic acids is 2. The van der Waals surface area contributed by atoms with E-state index in [1.54, 1.807) is 0 Å². The van der Waals surface area contributed by atoms with Crippen molar-refractivity contribution in [3.8, 4) is 11.1 Å². The van der Waals surface area contributed by atoms with E-state index in [-0.39, 0.29) is 42.7 Å². The number of carboxylic acids is 1. The van der Waals surface area contributed by atoms with Crippen LogP contribution >= 0.6 is 0 Å². The summed E-state index contributed by atoms with van der Waals surface area (Å²) < 4.78 is 5.61. The fraction of sp³-hybridized carbons (Fsp3) is 0.444. The molecule has 2 amide bonds. The summed E-state index contributed by atoms with van der Waals surface area (Å²) in [6, 6.07) is 16.0. The Kier molecular flexibility index (Phi) is 7.50. The number of hydrogen-bond acceptors (Lipinski definition) is 4. The first-order chi connectivity index (χ1) is 16.5. The maximum Gasteiger partial charge on any atom is 0.407 e. The lowest BCUT2D eigenvalue weighted by Crippen LogP contribution is -2.43. The van der Waals surface area contributed by atoms with Gasteiger partial charge in [0.1, 0.15) is 6.61 Å². The van der Waals surface area contributed by atoms with Crippen LogP contribution in [0.25, 0.3) is 11.1 Å². The van der Waals surface area contributed by atoms with Crippen LogP contribution < -0.4 is 10.6 Å². The summed E-state index contributed by atoms with van der Waals surface area (Å²) in [6.07, 6.45) is 2.49. The van der Waals surface area contributed by atoms with E-state index in [0.29, 0.717) is 13.0 Å². The van der Waals surface area contributed by atoms with Crippen LogP contribution in [0.1, 0.15) is 56.1 Å². The molecule has 7 heteroatoms. The van der Waals surface area contributed by atoms with Crippen molar-refractivity contribution in [2.75, 3.05) is 13.2 Å². The van der Waals surface area contributed by atoms with Crippen molar-refractivity contribution >= 4 is 18.0 Å². The Labute approximate surface area is 199 Å². The van der Waals surface area contributed by atoms with Crippen LogP contribution in [-0.4, -0.2) is 42.3 Å². The Morgan fingerprint density at radius 1 is 1.03 bits per heavy atom. The van der Waals surface area contributed by atoms with Gasteiger partial charge in [-0.05, 0) is 47.4 Å². The van der Waals surface area contributed by atoms with Crippen LogP contribution in [-0.2, 0) is 14.3 Å². The molecule has 0 unspecified atom stereocenters. The first kappa shape index (κ1) is 23.8. The van der Waals surface area contributed by atoms with Gasteiger partial charge in [0, 0.05) is 24.4 Å². The maximum atomic E-state index is 12.7. The van der Waals surface area contributed by atoms with Gasteiger partial charge in [-0.2, -0.15) is 0 Å². The molecular weight excluding hydrogens is 432 g/mol. The van der Waals surface area contributed by atoms with Crippen LogP contribution in [0.15, 0.2) is 48.5 Å². The summed E-state index contributed by atoms with van der Waals surface area (Å²) in [5, 5.41) is 14.7. The molecule has 3 N–H and O–H groups in total. The lowest BCUT2D eigenvalue weighted by molar-refractivity contribution is -0.138. The van der Waals surface area contributed by atoms with Crippen LogP contribution in [0, 0.1) is 11.8 Å². The SMILES string of the molecule is CC[C@@H](CC(=O)O)NC(=O)[C@H]1CCC[C@H]1CNC(=O)OCC1c2ccccc2-c2ccccc21. The fourth-order valence-electron chi connectivity index (χ4n) is 5.31. The average Bonchev–Trinajstić information content (AvgIpc) is 3.43. The quantitative estimate of drug-likeness (QED) is 0.513. The van der Waals surface area contributed by atoms with E-state index in [4.69, 9.17) is 9.84 Å². The highest BCUT2D eigenvalue weighted by molar-refractivity contribution is 5.81. The van der Waals surface area contributed by atoms with Crippen LogP contribution in [0.5, 0.6) is 0 Å². The molecule has 2 aromatic carbocycles. The summed E-state index contributed by atoms with van der Waals surface area (Å²) in [7, 11) is 0. The predicted molar refractivity (Wildman–Crippen MR) is 128 cm³/mol. The second kappa shape index (κ2) is 10.7. The second-order valence-electron chi connectivity index (χ2n) is 9.22. The number of rotatable bonds is 9. The van der Waals surface area contributed by atoms with E-state index in [1.165, 1.54) is 11.1 Å². The molecule has 1 fully saturated rings. The molecule has 0 spiro atoms. The van der Waals surface area contributed by atoms with Gasteiger partial charge in [-0.15, -0.1) is 0 Å². The van der Waals surface area contributed by atoms with E-state index in [2.05, 4.69) is 34.9 Å². The summed E-state index contributed by atoms with van der Waals surface area (Å²) in [5.74, 6) is -1.25. The lowest BCUT2D eigenvalue weighted by Gasteiger charge is -2.23. The van der Waals surface area contributed by atoms with Gasteiger partial charge < -0.3 is 20.5 Å². The Morgan fingerprint density at radius 2 is 1.68 bits per heavy atom. The van der Waals surface area contributed by atoms with Gasteiger partial charge in [0.25, 0.3) is 0 Å². The Morgan fingerprint density at radius 3 is 2.29 bits per heavy atom. The topological polar surface area (TPSA) is 105 Å². The van der Waals surface area contributed by atoms with Crippen molar-refractivity contribution in [1.82, 2.24) is 10.6 Å². The van der Waals surface area contributed by atoms with Crippen molar-refractivity contribution in [1.29, 1.82) is 0 Å². The zero-order valence-corrected chi connectivity index (χ0v) is 19.5. The largest absolute Gasteiger partial charge is 0.481 e. The third-order valence-electron chi connectivity index (χ3n) is 7.11. The zero-order valence-electron chi connectivity index (χ0n) is 19.5. The third kappa shape index (κ3) is 5.24. The number of ether oxygens (including phenoxy) is 1. The number of hydrogen-bond donors (Lipinski definition) is 3. The number of aliphatic carboxylic acids is 1. The smallest absolute Gasteiger partial charge is 0.407 e. The Hall–Kier alpha value is -3.35. The minimum Gasteiger partial charge on any atom is -0.481 e. The molecule has 4 rings (SSSR count). The van der Waals surface area contributed by atoms with E-state index in [9.17, 15) is 14.4 Å². The average molecular weight is 465 g/mol. The van der Waals surface area contributed by atoms with Crippen molar-refractivity contribution in [2.24, 2.45) is 11.8 Å². The standard InChI is InChI=1S/C27H32N2O5/c1-2-18(14-25(30)31)29-26(32)19-13-7-8-17(19)15-28-27(33)34-16-24-22-11-5-3-9-20(22)21-10-4-6-12-23(21)24/h3-6,9-12,17-19,24H,2,7-8,13-16H2,1H3,(H,28,33)(H,29,32)(H,30,31)/t17-,18-,19-/m0/s1. The lowest BCUT2D eigenvalue weighted by atomic mass is 9.94. The van der Waals surface area contributed by atoms with Crippen molar-refractivity contribution < 1.29 is 24.2 Å². The van der Waals surface area contributed by atoms with Gasteiger partial charge >= 0.3 is 12.1 Å². The van der Waals surface area contributed by atoms with Gasteiger partial charge in [-0.1, -0.05) is 61.9 Å². The van der Waals surface area contributed by atoms with Crippen LogP contribution in [0.2, 0.25) is 0 Å². The van der Waals surface area contributed by atoms with Gasteiger partial charge in [0.05, 0.1) is 6.42 Å². The van der Waals surface area contributed by atoms with E-state index in [1.807, 2.05) is 31.2 Å². The van der Waals surface area contributed by atoms with Gasteiger partial charge in [0.15, 0.2) is 0 Å². The van der Waals surface area contributed by atoms with E-state index in [0.717, 1.165) is 30.4 Å². The minimum atomic E-state index is -0.924. The summed E-state index contributed by atoms with van der Waals surface area (Å²) >= 11 is 0. The number of benzene rings is 2. The summed E-state index contributed by atoms with van der Waals surface area (Å²) in [6.45, 7) is 2.48. The Balaban J connectivity index is 1.29. The summed E-state index contributed by atoms with van der Waals surface area (Å²) in [5.41, 5.74) is 4.69.